The molecule has 5 nitrogen and oxygen atoms in total. The number of esters is 2. The molecule has 5 heteroatoms. The van der Waals surface area contributed by atoms with Gasteiger partial charge >= 0.3 is 11.9 Å². The lowest BCUT2D eigenvalue weighted by Gasteiger charge is -2.19. The van der Waals surface area contributed by atoms with Gasteiger partial charge in [0.1, 0.15) is 17.1 Å². The summed E-state index contributed by atoms with van der Waals surface area (Å²) in [5, 5.41) is 0. The van der Waals surface area contributed by atoms with Gasteiger partial charge in [-0.2, -0.15) is 0 Å². The summed E-state index contributed by atoms with van der Waals surface area (Å²) in [5.41, 5.74) is -0.533. The summed E-state index contributed by atoms with van der Waals surface area (Å²) in [4.78, 5) is 23.2. The van der Waals surface area contributed by atoms with Crippen molar-refractivity contribution in [3.05, 3.63) is 24.3 Å². The average molecular weight is 308 g/mol. The van der Waals surface area contributed by atoms with Crippen molar-refractivity contribution in [1.82, 2.24) is 0 Å². The van der Waals surface area contributed by atoms with E-state index in [1.54, 1.807) is 45.0 Å². The van der Waals surface area contributed by atoms with E-state index >= 15 is 0 Å². The van der Waals surface area contributed by atoms with E-state index in [-0.39, 0.29) is 18.5 Å². The van der Waals surface area contributed by atoms with E-state index in [1.807, 2.05) is 13.8 Å². The zero-order valence-electron chi connectivity index (χ0n) is 13.8. The van der Waals surface area contributed by atoms with Crippen LogP contribution in [0.4, 0.5) is 0 Å². The highest BCUT2D eigenvalue weighted by Crippen LogP contribution is 2.19. The molecule has 122 valence electrons. The minimum absolute atomic E-state index is 0.136. The fraction of sp³-hybridized carbons (Fsp3) is 0.529. The first-order valence-corrected chi connectivity index (χ1v) is 7.37. The quantitative estimate of drug-likeness (QED) is 0.595. The molecule has 1 atom stereocenters. The van der Waals surface area contributed by atoms with Gasteiger partial charge in [0, 0.05) is 0 Å². The molecule has 0 saturated heterocycles. The Bertz CT molecular complexity index is 499. The topological polar surface area (TPSA) is 61.8 Å². The van der Waals surface area contributed by atoms with Gasteiger partial charge in [0.15, 0.2) is 6.61 Å². The molecule has 1 rings (SSSR count). The van der Waals surface area contributed by atoms with Crippen molar-refractivity contribution in [2.75, 3.05) is 6.61 Å². The highest BCUT2D eigenvalue weighted by Gasteiger charge is 2.17. The Morgan fingerprint density at radius 2 is 1.64 bits per heavy atom. The van der Waals surface area contributed by atoms with Crippen LogP contribution in [0.25, 0.3) is 0 Å². The van der Waals surface area contributed by atoms with Crippen molar-refractivity contribution >= 4 is 11.9 Å². The average Bonchev–Trinajstić information content (AvgIpc) is 2.43. The van der Waals surface area contributed by atoms with E-state index < -0.39 is 11.6 Å². The molecular weight excluding hydrogens is 284 g/mol. The first kappa shape index (κ1) is 18.0. The maximum Gasteiger partial charge on any atom is 0.344 e. The van der Waals surface area contributed by atoms with Gasteiger partial charge in [0.25, 0.3) is 0 Å². The predicted molar refractivity (Wildman–Crippen MR) is 82.9 cm³/mol. The lowest BCUT2D eigenvalue weighted by atomic mass is 10.1. The van der Waals surface area contributed by atoms with E-state index in [0.717, 1.165) is 6.42 Å². The normalized spacial score (nSPS) is 12.4. The van der Waals surface area contributed by atoms with Gasteiger partial charge in [0.2, 0.25) is 0 Å². The number of carbonyl (C=O) groups excluding carboxylic acids is 2. The third-order valence-corrected chi connectivity index (χ3v) is 2.83. The lowest BCUT2D eigenvalue weighted by Crippen LogP contribution is -2.27. The molecule has 1 unspecified atom stereocenters. The zero-order valence-corrected chi connectivity index (χ0v) is 13.8. The van der Waals surface area contributed by atoms with Crippen molar-refractivity contribution in [2.24, 2.45) is 5.92 Å². The summed E-state index contributed by atoms with van der Waals surface area (Å²) in [6, 6.07) is 6.54. The van der Waals surface area contributed by atoms with Gasteiger partial charge in [-0.1, -0.05) is 13.8 Å². The van der Waals surface area contributed by atoms with Gasteiger partial charge in [0.05, 0.1) is 5.92 Å². The fourth-order valence-corrected chi connectivity index (χ4v) is 1.50. The van der Waals surface area contributed by atoms with E-state index in [4.69, 9.17) is 14.2 Å². The van der Waals surface area contributed by atoms with Crippen LogP contribution in [0.5, 0.6) is 11.5 Å². The zero-order chi connectivity index (χ0) is 16.8. The van der Waals surface area contributed by atoms with Gasteiger partial charge in [-0.3, -0.25) is 4.79 Å². The molecule has 0 heterocycles. The Morgan fingerprint density at radius 1 is 1.09 bits per heavy atom. The molecule has 0 fully saturated rings. The maximum absolute atomic E-state index is 11.7. The maximum atomic E-state index is 11.7. The van der Waals surface area contributed by atoms with Crippen LogP contribution in [0, 0.1) is 5.92 Å². The highest BCUT2D eigenvalue weighted by molar-refractivity contribution is 5.74. The number of ether oxygens (including phenoxy) is 3. The first-order valence-electron chi connectivity index (χ1n) is 7.37. The second kappa shape index (κ2) is 7.82. The standard InChI is InChI=1S/C17H24O5/c1-6-12(2)16(19)21-14-9-7-13(8-10-14)20-11-15(18)22-17(3,4)5/h7-10,12H,6,11H2,1-5H3. The van der Waals surface area contributed by atoms with Gasteiger partial charge in [-0.15, -0.1) is 0 Å². The molecule has 0 aliphatic heterocycles. The minimum atomic E-state index is -0.533. The smallest absolute Gasteiger partial charge is 0.344 e. The predicted octanol–water partition coefficient (Wildman–Crippen LogP) is 3.36. The summed E-state index contributed by atoms with van der Waals surface area (Å²) in [6.45, 7) is 8.98. The summed E-state index contributed by atoms with van der Waals surface area (Å²) >= 11 is 0. The molecular formula is C17H24O5. The molecule has 0 N–H and O–H groups in total. The molecule has 0 bridgehead atoms. The third-order valence-electron chi connectivity index (χ3n) is 2.83. The molecule has 0 aliphatic rings. The van der Waals surface area contributed by atoms with Gasteiger partial charge in [-0.05, 0) is 51.5 Å². The van der Waals surface area contributed by atoms with E-state index in [1.165, 1.54) is 0 Å². The SMILES string of the molecule is CCC(C)C(=O)Oc1ccc(OCC(=O)OC(C)(C)C)cc1. The Labute approximate surface area is 131 Å². The molecule has 0 saturated carbocycles. The largest absolute Gasteiger partial charge is 0.482 e. The minimum Gasteiger partial charge on any atom is -0.482 e. The van der Waals surface area contributed by atoms with Crippen molar-refractivity contribution in [2.45, 2.75) is 46.6 Å². The number of hydrogen-bond donors (Lipinski definition) is 0. The van der Waals surface area contributed by atoms with Crippen LogP contribution >= 0.6 is 0 Å². The van der Waals surface area contributed by atoms with Gasteiger partial charge in [-0.25, -0.2) is 4.79 Å². The van der Waals surface area contributed by atoms with Crippen molar-refractivity contribution in [1.29, 1.82) is 0 Å². The van der Waals surface area contributed by atoms with E-state index in [9.17, 15) is 9.59 Å². The van der Waals surface area contributed by atoms with Crippen LogP contribution in [0.15, 0.2) is 24.3 Å². The molecule has 1 aromatic carbocycles. The van der Waals surface area contributed by atoms with Crippen LogP contribution in [0.1, 0.15) is 41.0 Å². The summed E-state index contributed by atoms with van der Waals surface area (Å²) in [6.07, 6.45) is 0.732. The lowest BCUT2D eigenvalue weighted by molar-refractivity contribution is -0.157. The summed E-state index contributed by atoms with van der Waals surface area (Å²) < 4.78 is 15.7. The third kappa shape index (κ3) is 6.61. The molecule has 0 aliphatic carbocycles. The second-order valence-electron chi connectivity index (χ2n) is 6.08. The molecule has 0 radical (unpaired) electrons. The Kier molecular flexibility index (Phi) is 6.40. The monoisotopic (exact) mass is 308 g/mol. The molecule has 22 heavy (non-hydrogen) atoms. The molecule has 0 aromatic heterocycles. The van der Waals surface area contributed by atoms with Crippen molar-refractivity contribution in [3.63, 3.8) is 0 Å². The Morgan fingerprint density at radius 3 is 2.14 bits per heavy atom. The number of hydrogen-bond acceptors (Lipinski definition) is 5. The first-order chi connectivity index (χ1) is 10.2. The Hall–Kier alpha value is -2.04. The highest BCUT2D eigenvalue weighted by atomic mass is 16.6. The molecule has 1 aromatic rings. The molecule has 0 amide bonds. The van der Waals surface area contributed by atoms with Crippen LogP contribution in [-0.2, 0) is 14.3 Å². The second-order valence-corrected chi connectivity index (χ2v) is 6.08. The Balaban J connectivity index is 2.48. The van der Waals surface area contributed by atoms with Crippen LogP contribution in [-0.4, -0.2) is 24.1 Å². The van der Waals surface area contributed by atoms with E-state index in [0.29, 0.717) is 11.5 Å². The van der Waals surface area contributed by atoms with Crippen molar-refractivity contribution in [3.8, 4) is 11.5 Å². The van der Waals surface area contributed by atoms with Crippen molar-refractivity contribution < 1.29 is 23.8 Å². The van der Waals surface area contributed by atoms with Crippen LogP contribution in [0.2, 0.25) is 0 Å². The summed E-state index contributed by atoms with van der Waals surface area (Å²) in [7, 11) is 0. The summed E-state index contributed by atoms with van der Waals surface area (Å²) in [5.74, 6) is 0.136. The van der Waals surface area contributed by atoms with Crippen LogP contribution < -0.4 is 9.47 Å². The number of benzene rings is 1. The van der Waals surface area contributed by atoms with Crippen LogP contribution in [0.3, 0.4) is 0 Å². The fourth-order valence-electron chi connectivity index (χ4n) is 1.50. The van der Waals surface area contributed by atoms with Gasteiger partial charge < -0.3 is 14.2 Å². The number of carbonyl (C=O) groups is 2. The number of rotatable bonds is 6. The van der Waals surface area contributed by atoms with E-state index in [2.05, 4.69) is 0 Å². The molecule has 0 spiro atoms.